The molecule has 2 aromatic carbocycles. The monoisotopic (exact) mass is 433 g/mol. The summed E-state index contributed by atoms with van der Waals surface area (Å²) in [6, 6.07) is 16.5. The lowest BCUT2D eigenvalue weighted by Crippen LogP contribution is -2.41. The van der Waals surface area contributed by atoms with Crippen LogP contribution < -0.4 is 0 Å². The van der Waals surface area contributed by atoms with Crippen LogP contribution in [0.15, 0.2) is 48.5 Å². The van der Waals surface area contributed by atoms with Crippen LogP contribution in [0.4, 0.5) is 4.79 Å². The minimum atomic E-state index is -0.791. The molecular formula is C27H31NO4. The van der Waals surface area contributed by atoms with Crippen molar-refractivity contribution in [1.29, 1.82) is 0 Å². The Labute approximate surface area is 189 Å². The Hall–Kier alpha value is -2.82. The summed E-state index contributed by atoms with van der Waals surface area (Å²) in [5.74, 6) is -0.354. The Morgan fingerprint density at radius 2 is 1.56 bits per heavy atom. The molecule has 1 spiro atoms. The van der Waals surface area contributed by atoms with Gasteiger partial charge in [0.15, 0.2) is 0 Å². The van der Waals surface area contributed by atoms with Crippen LogP contribution in [0.25, 0.3) is 11.1 Å². The van der Waals surface area contributed by atoms with Crippen molar-refractivity contribution in [3.63, 3.8) is 0 Å². The topological polar surface area (TPSA) is 66.8 Å². The average molecular weight is 434 g/mol. The van der Waals surface area contributed by atoms with Gasteiger partial charge in [-0.25, -0.2) is 4.79 Å². The van der Waals surface area contributed by atoms with Gasteiger partial charge in [-0.1, -0.05) is 62.4 Å². The molecule has 3 atom stereocenters. The summed E-state index contributed by atoms with van der Waals surface area (Å²) in [5.41, 5.74) is 4.41. The number of rotatable bonds is 3. The highest BCUT2D eigenvalue weighted by Crippen LogP contribution is 2.51. The van der Waals surface area contributed by atoms with Crippen molar-refractivity contribution in [2.45, 2.75) is 39.0 Å². The lowest BCUT2D eigenvalue weighted by atomic mass is 9.62. The van der Waals surface area contributed by atoms with Gasteiger partial charge in [0.05, 0.1) is 5.92 Å². The van der Waals surface area contributed by atoms with Crippen molar-refractivity contribution in [3.8, 4) is 11.1 Å². The van der Waals surface area contributed by atoms with E-state index in [1.54, 1.807) is 4.90 Å². The molecule has 168 valence electrons. The number of carbonyl (C=O) groups excluding carboxylic acids is 1. The summed E-state index contributed by atoms with van der Waals surface area (Å²) in [4.78, 5) is 26.9. The Bertz CT molecular complexity index is 992. The smallest absolute Gasteiger partial charge is 0.409 e. The fourth-order valence-electron chi connectivity index (χ4n) is 6.87. The second-order valence-corrected chi connectivity index (χ2v) is 10.3. The van der Waals surface area contributed by atoms with Gasteiger partial charge in [-0.3, -0.25) is 4.79 Å². The lowest BCUT2D eigenvalue weighted by Gasteiger charge is -2.42. The number of hydrogen-bond acceptors (Lipinski definition) is 3. The number of nitrogens with zero attached hydrogens (tertiary/aromatic N) is 1. The molecule has 1 amide bonds. The minimum absolute atomic E-state index is 0.00732. The van der Waals surface area contributed by atoms with E-state index in [1.165, 1.54) is 22.3 Å². The molecule has 1 heterocycles. The quantitative estimate of drug-likeness (QED) is 0.704. The van der Waals surface area contributed by atoms with Crippen molar-refractivity contribution >= 4 is 12.1 Å². The molecule has 1 N–H and O–H groups in total. The first-order chi connectivity index (χ1) is 15.4. The number of carboxylic acid groups (broad SMARTS) is 1. The van der Waals surface area contributed by atoms with Crippen molar-refractivity contribution in [3.05, 3.63) is 59.7 Å². The van der Waals surface area contributed by atoms with E-state index in [4.69, 9.17) is 4.74 Å². The number of likely N-dealkylation sites (tertiary alicyclic amines) is 1. The largest absolute Gasteiger partial charge is 0.481 e. The van der Waals surface area contributed by atoms with E-state index < -0.39 is 11.9 Å². The molecule has 2 fully saturated rings. The summed E-state index contributed by atoms with van der Waals surface area (Å²) in [7, 11) is 0. The number of carboxylic acids is 1. The second-order valence-electron chi connectivity index (χ2n) is 10.3. The van der Waals surface area contributed by atoms with Crippen molar-refractivity contribution < 1.29 is 19.4 Å². The third kappa shape index (κ3) is 3.48. The van der Waals surface area contributed by atoms with Gasteiger partial charge in [0.2, 0.25) is 0 Å². The van der Waals surface area contributed by atoms with Gasteiger partial charge < -0.3 is 14.7 Å². The number of fused-ring (bicyclic) bond motifs is 3. The predicted octanol–water partition coefficient (Wildman–Crippen LogP) is 5.39. The molecular weight excluding hydrogens is 402 g/mol. The first kappa shape index (κ1) is 21.0. The molecule has 3 aliphatic rings. The van der Waals surface area contributed by atoms with Gasteiger partial charge >= 0.3 is 12.1 Å². The Morgan fingerprint density at radius 3 is 2.12 bits per heavy atom. The highest BCUT2D eigenvalue weighted by molar-refractivity contribution is 5.79. The van der Waals surface area contributed by atoms with Crippen LogP contribution in [-0.4, -0.2) is 41.8 Å². The van der Waals surface area contributed by atoms with Gasteiger partial charge in [-0.2, -0.15) is 0 Å². The third-order valence-corrected chi connectivity index (χ3v) is 7.85. The zero-order valence-corrected chi connectivity index (χ0v) is 18.8. The molecule has 5 heteroatoms. The van der Waals surface area contributed by atoms with Crippen LogP contribution in [0.5, 0.6) is 0 Å². The SMILES string of the molecule is CC1CC(C)CC2(C1)CN(C(=O)OCC1c3ccccc3-c3ccccc31)CC2C(=O)O. The van der Waals surface area contributed by atoms with Crippen LogP contribution in [-0.2, 0) is 9.53 Å². The van der Waals surface area contributed by atoms with E-state index in [9.17, 15) is 14.7 Å². The maximum atomic E-state index is 13.1. The zero-order valence-electron chi connectivity index (χ0n) is 18.8. The van der Waals surface area contributed by atoms with E-state index in [1.807, 2.05) is 24.3 Å². The van der Waals surface area contributed by atoms with E-state index in [0.717, 1.165) is 19.3 Å². The number of amides is 1. The summed E-state index contributed by atoms with van der Waals surface area (Å²) in [5, 5.41) is 9.94. The van der Waals surface area contributed by atoms with Crippen LogP contribution in [0.2, 0.25) is 0 Å². The predicted molar refractivity (Wildman–Crippen MR) is 122 cm³/mol. The summed E-state index contributed by atoms with van der Waals surface area (Å²) in [6.45, 7) is 5.39. The molecule has 5 nitrogen and oxygen atoms in total. The Morgan fingerprint density at radius 1 is 1.00 bits per heavy atom. The van der Waals surface area contributed by atoms with E-state index in [2.05, 4.69) is 38.1 Å². The third-order valence-electron chi connectivity index (χ3n) is 7.85. The van der Waals surface area contributed by atoms with Crippen LogP contribution >= 0.6 is 0 Å². The van der Waals surface area contributed by atoms with Crippen LogP contribution in [0.3, 0.4) is 0 Å². The molecule has 0 bridgehead atoms. The van der Waals surface area contributed by atoms with Gasteiger partial charge in [-0.15, -0.1) is 0 Å². The van der Waals surface area contributed by atoms with Crippen molar-refractivity contribution in [2.75, 3.05) is 19.7 Å². The summed E-state index contributed by atoms with van der Waals surface area (Å²) in [6.07, 6.45) is 2.46. The van der Waals surface area contributed by atoms with Crippen molar-refractivity contribution in [1.82, 2.24) is 4.90 Å². The summed E-state index contributed by atoms with van der Waals surface area (Å²) >= 11 is 0. The molecule has 0 radical (unpaired) electrons. The molecule has 0 aromatic heterocycles. The second kappa shape index (κ2) is 7.95. The number of carbonyl (C=O) groups is 2. The number of hydrogen-bond donors (Lipinski definition) is 1. The molecule has 1 saturated heterocycles. The van der Waals surface area contributed by atoms with E-state index in [0.29, 0.717) is 18.4 Å². The summed E-state index contributed by atoms with van der Waals surface area (Å²) < 4.78 is 5.83. The molecule has 2 aromatic rings. The molecule has 1 aliphatic heterocycles. The Kier molecular flexibility index (Phi) is 5.23. The van der Waals surface area contributed by atoms with Gasteiger partial charge in [0, 0.05) is 24.4 Å². The zero-order chi connectivity index (χ0) is 22.5. The maximum absolute atomic E-state index is 13.1. The number of ether oxygens (including phenoxy) is 1. The van der Waals surface area contributed by atoms with Crippen LogP contribution in [0, 0.1) is 23.2 Å². The molecule has 32 heavy (non-hydrogen) atoms. The fourth-order valence-corrected chi connectivity index (χ4v) is 6.87. The molecule has 1 saturated carbocycles. The van der Waals surface area contributed by atoms with Gasteiger partial charge in [0.1, 0.15) is 6.61 Å². The van der Waals surface area contributed by atoms with E-state index in [-0.39, 0.29) is 30.6 Å². The highest BCUT2D eigenvalue weighted by Gasteiger charge is 2.54. The highest BCUT2D eigenvalue weighted by atomic mass is 16.6. The first-order valence-corrected chi connectivity index (χ1v) is 11.7. The number of benzene rings is 2. The standard InChI is InChI=1S/C27H31NO4/c1-17-11-18(2)13-27(12-17)16-28(14-24(27)25(29)30)26(31)32-15-23-21-9-5-3-7-19(21)20-8-4-6-10-22(20)23/h3-10,17-18,23-24H,11-16H2,1-2H3,(H,29,30). The normalized spacial score (nSPS) is 29.1. The maximum Gasteiger partial charge on any atom is 0.409 e. The fraction of sp³-hybridized carbons (Fsp3) is 0.481. The Balaban J connectivity index is 1.33. The van der Waals surface area contributed by atoms with Crippen LogP contribution in [0.1, 0.15) is 50.2 Å². The van der Waals surface area contributed by atoms with Crippen molar-refractivity contribution in [2.24, 2.45) is 23.2 Å². The molecule has 3 unspecified atom stereocenters. The van der Waals surface area contributed by atoms with E-state index >= 15 is 0 Å². The molecule has 5 rings (SSSR count). The minimum Gasteiger partial charge on any atom is -0.481 e. The van der Waals surface area contributed by atoms with Gasteiger partial charge in [0.25, 0.3) is 0 Å². The molecule has 2 aliphatic carbocycles. The average Bonchev–Trinajstić information content (AvgIpc) is 3.27. The number of aliphatic carboxylic acids is 1. The lowest BCUT2D eigenvalue weighted by molar-refractivity contribution is -0.146. The van der Waals surface area contributed by atoms with Gasteiger partial charge in [-0.05, 0) is 53.4 Å². The first-order valence-electron chi connectivity index (χ1n) is 11.7.